The average Bonchev–Trinajstić information content (AvgIpc) is 3.83. The number of aliphatic hydroxyl groups is 1. The molecule has 1 aromatic carbocycles. The summed E-state index contributed by atoms with van der Waals surface area (Å²) in [5.74, 6) is -0.152. The van der Waals surface area contributed by atoms with Crippen molar-refractivity contribution in [1.82, 2.24) is 19.8 Å². The van der Waals surface area contributed by atoms with E-state index in [0.717, 1.165) is 80.3 Å². The Morgan fingerprint density at radius 2 is 1.74 bits per heavy atom. The van der Waals surface area contributed by atoms with Gasteiger partial charge in [-0.2, -0.15) is 13.2 Å². The summed E-state index contributed by atoms with van der Waals surface area (Å²) < 4.78 is 38.8. The maximum atomic E-state index is 13.0. The molecule has 1 N–H and O–H groups in total. The Hall–Kier alpha value is -3.15. The van der Waals surface area contributed by atoms with E-state index < -0.39 is 17.3 Å². The molecule has 11 heteroatoms. The predicted octanol–water partition coefficient (Wildman–Crippen LogP) is 7.11. The molecular formula is C35H41F3N4O3S. The van der Waals surface area contributed by atoms with E-state index in [9.17, 15) is 27.9 Å². The van der Waals surface area contributed by atoms with Crippen LogP contribution in [0.2, 0.25) is 0 Å². The lowest BCUT2D eigenvalue weighted by atomic mass is 9.79. The molecule has 1 aliphatic carbocycles. The molecule has 1 spiro atoms. The first-order valence-corrected chi connectivity index (χ1v) is 17.2. The van der Waals surface area contributed by atoms with Gasteiger partial charge in [-0.25, -0.2) is 4.98 Å². The molecule has 246 valence electrons. The highest BCUT2D eigenvalue weighted by Gasteiger charge is 2.47. The number of halogens is 3. The number of aromatic nitrogens is 2. The number of carbonyl (C=O) groups excluding carboxylic acids is 2. The summed E-state index contributed by atoms with van der Waals surface area (Å²) in [5, 5.41) is 14.3. The lowest BCUT2D eigenvalue weighted by Gasteiger charge is -2.39. The van der Waals surface area contributed by atoms with Gasteiger partial charge in [-0.1, -0.05) is 18.6 Å². The number of hydrogen-bond donors (Lipinski definition) is 1. The van der Waals surface area contributed by atoms with Crippen molar-refractivity contribution in [2.24, 2.45) is 5.41 Å². The van der Waals surface area contributed by atoms with E-state index in [-0.39, 0.29) is 29.1 Å². The molecule has 4 heterocycles. The Bertz CT molecular complexity index is 1510. The summed E-state index contributed by atoms with van der Waals surface area (Å²) >= 11 is 1.57. The second kappa shape index (κ2) is 13.5. The van der Waals surface area contributed by atoms with Crippen molar-refractivity contribution >= 4 is 23.0 Å². The van der Waals surface area contributed by atoms with Gasteiger partial charge in [0.2, 0.25) is 5.91 Å². The van der Waals surface area contributed by atoms with Gasteiger partial charge in [-0.15, -0.1) is 11.3 Å². The molecule has 2 aromatic heterocycles. The van der Waals surface area contributed by atoms with Crippen molar-refractivity contribution in [3.8, 4) is 10.6 Å². The van der Waals surface area contributed by atoms with Crippen LogP contribution in [0, 0.1) is 5.41 Å². The van der Waals surface area contributed by atoms with Crippen LogP contribution in [-0.2, 0) is 16.6 Å². The maximum Gasteiger partial charge on any atom is 0.416 e. The Morgan fingerprint density at radius 3 is 2.46 bits per heavy atom. The van der Waals surface area contributed by atoms with E-state index in [2.05, 4.69) is 14.9 Å². The molecule has 1 saturated carbocycles. The molecule has 1 unspecified atom stereocenters. The van der Waals surface area contributed by atoms with Crippen molar-refractivity contribution < 1.29 is 27.9 Å². The van der Waals surface area contributed by atoms with Crippen LogP contribution in [0.1, 0.15) is 92.2 Å². The third-order valence-electron chi connectivity index (χ3n) is 10.3. The lowest BCUT2D eigenvalue weighted by molar-refractivity contribution is -0.137. The number of ketones is 1. The van der Waals surface area contributed by atoms with Crippen LogP contribution >= 0.6 is 11.3 Å². The summed E-state index contributed by atoms with van der Waals surface area (Å²) in [4.78, 5) is 38.9. The van der Waals surface area contributed by atoms with Crippen LogP contribution in [0.4, 0.5) is 13.2 Å². The Labute approximate surface area is 271 Å². The number of amides is 1. The van der Waals surface area contributed by atoms with Crippen LogP contribution in [0.3, 0.4) is 0 Å². The zero-order valence-corrected chi connectivity index (χ0v) is 26.8. The first kappa shape index (κ1) is 32.8. The smallest absolute Gasteiger partial charge is 0.384 e. The van der Waals surface area contributed by atoms with Gasteiger partial charge in [0.15, 0.2) is 5.78 Å². The van der Waals surface area contributed by atoms with Gasteiger partial charge in [0.1, 0.15) is 10.6 Å². The molecule has 2 saturated heterocycles. The molecule has 1 atom stereocenters. The number of alkyl halides is 3. The van der Waals surface area contributed by atoms with Crippen LogP contribution in [0.15, 0.2) is 54.2 Å². The van der Waals surface area contributed by atoms with Crippen LogP contribution in [0.5, 0.6) is 0 Å². The van der Waals surface area contributed by atoms with Crippen molar-refractivity contribution in [3.63, 3.8) is 0 Å². The molecular weight excluding hydrogens is 613 g/mol. The zero-order chi connectivity index (χ0) is 32.4. The predicted molar refractivity (Wildman–Crippen MR) is 170 cm³/mol. The topological polar surface area (TPSA) is 86.6 Å². The summed E-state index contributed by atoms with van der Waals surface area (Å²) in [7, 11) is 0. The number of unbranched alkanes of at least 4 members (excludes halogenated alkanes) is 2. The number of thiazole rings is 1. The van der Waals surface area contributed by atoms with Crippen molar-refractivity contribution in [2.45, 2.75) is 88.4 Å². The van der Waals surface area contributed by atoms with E-state index in [1.54, 1.807) is 23.7 Å². The normalized spacial score (nSPS) is 25.4. The molecule has 3 aliphatic rings. The maximum absolute atomic E-state index is 13.0. The summed E-state index contributed by atoms with van der Waals surface area (Å²) in [6, 6.07) is 8.92. The second-order valence-corrected chi connectivity index (χ2v) is 14.3. The highest BCUT2D eigenvalue weighted by atomic mass is 32.1. The molecule has 6 rings (SSSR count). The van der Waals surface area contributed by atoms with Gasteiger partial charge in [0, 0.05) is 72.8 Å². The Kier molecular flexibility index (Phi) is 9.64. The number of nitrogens with zero attached hydrogens (tertiary/aromatic N) is 4. The number of Topliss-reactive ketones (excluding diaryl/α,β-unsaturated/α-hetero) is 1. The third-order valence-corrected chi connectivity index (χ3v) is 11.1. The molecule has 3 aromatic rings. The first-order valence-electron chi connectivity index (χ1n) is 16.3. The van der Waals surface area contributed by atoms with Crippen LogP contribution in [0.25, 0.3) is 10.6 Å². The fraction of sp³-hybridized carbons (Fsp3) is 0.543. The number of pyridine rings is 1. The summed E-state index contributed by atoms with van der Waals surface area (Å²) in [6.45, 7) is 3.56. The van der Waals surface area contributed by atoms with E-state index >= 15 is 0 Å². The van der Waals surface area contributed by atoms with Crippen LogP contribution in [-0.4, -0.2) is 68.8 Å². The Balaban J connectivity index is 0.908. The molecule has 3 fully saturated rings. The zero-order valence-electron chi connectivity index (χ0n) is 26.0. The minimum absolute atomic E-state index is 0.0810. The number of hydrogen-bond acceptors (Lipinski definition) is 7. The summed E-state index contributed by atoms with van der Waals surface area (Å²) in [5.41, 5.74) is 0.192. The molecule has 0 radical (unpaired) electrons. The van der Waals surface area contributed by atoms with Crippen molar-refractivity contribution in [3.05, 3.63) is 71.0 Å². The van der Waals surface area contributed by atoms with E-state index in [1.807, 2.05) is 22.4 Å². The molecule has 1 amide bonds. The quantitative estimate of drug-likeness (QED) is 0.185. The highest BCUT2D eigenvalue weighted by molar-refractivity contribution is 7.13. The van der Waals surface area contributed by atoms with Gasteiger partial charge in [0.05, 0.1) is 11.3 Å². The van der Waals surface area contributed by atoms with Gasteiger partial charge < -0.3 is 10.0 Å². The summed E-state index contributed by atoms with van der Waals surface area (Å²) in [6.07, 6.45) is 6.89. The van der Waals surface area contributed by atoms with Gasteiger partial charge in [-0.3, -0.25) is 19.5 Å². The largest absolute Gasteiger partial charge is 0.416 e. The molecule has 7 nitrogen and oxygen atoms in total. The van der Waals surface area contributed by atoms with Gasteiger partial charge in [-0.05, 0) is 82.2 Å². The number of benzene rings is 1. The number of likely N-dealkylation sites (tertiary alicyclic amines) is 2. The lowest BCUT2D eigenvalue weighted by Crippen LogP contribution is -2.43. The van der Waals surface area contributed by atoms with E-state index in [0.29, 0.717) is 44.6 Å². The average molecular weight is 655 g/mol. The SMILES string of the molecule is O=C(CCCCCC(=O)N1CCC2(CCN(C3CCC(O)(c4ccc(-c5nccs5)cn4)CC3)C2)C1)c1cccc(C(F)(F)F)c1. The monoisotopic (exact) mass is 654 g/mol. The fourth-order valence-electron chi connectivity index (χ4n) is 7.54. The first-order chi connectivity index (χ1) is 22.0. The fourth-order valence-corrected chi connectivity index (χ4v) is 8.16. The van der Waals surface area contributed by atoms with E-state index in [1.165, 1.54) is 12.1 Å². The minimum Gasteiger partial charge on any atom is -0.384 e. The third kappa shape index (κ3) is 7.37. The van der Waals surface area contributed by atoms with Gasteiger partial charge >= 0.3 is 6.18 Å². The van der Waals surface area contributed by atoms with Crippen molar-refractivity contribution in [2.75, 3.05) is 26.2 Å². The number of carbonyl (C=O) groups is 2. The Morgan fingerprint density at radius 1 is 0.957 bits per heavy atom. The van der Waals surface area contributed by atoms with E-state index in [4.69, 9.17) is 0 Å². The second-order valence-electron chi connectivity index (χ2n) is 13.4. The van der Waals surface area contributed by atoms with Crippen molar-refractivity contribution in [1.29, 1.82) is 0 Å². The van der Waals surface area contributed by atoms with Gasteiger partial charge in [0.25, 0.3) is 0 Å². The molecule has 2 aliphatic heterocycles. The molecule has 0 bridgehead atoms. The highest BCUT2D eigenvalue weighted by Crippen LogP contribution is 2.44. The number of rotatable bonds is 10. The van der Waals surface area contributed by atoms with Crippen LogP contribution < -0.4 is 0 Å². The molecule has 46 heavy (non-hydrogen) atoms. The standard InChI is InChI=1S/C35H41F3N4O3S/c36-35(37,38)27-6-4-5-25(21-27)29(43)7-2-1-3-8-31(44)42-19-16-33(24-42)15-18-41(23-33)28-11-13-34(45,14-12-28)30-10-9-26(22-40-30)32-39-17-20-46-32/h4-6,9-10,17,20-22,28,45H,1-3,7-8,11-16,18-19,23-24H2. The minimum atomic E-state index is -4.47.